The fourth-order valence-electron chi connectivity index (χ4n) is 2.18. The van der Waals surface area contributed by atoms with Crippen molar-refractivity contribution in [2.75, 3.05) is 19.6 Å². The van der Waals surface area contributed by atoms with Crippen molar-refractivity contribution in [3.63, 3.8) is 0 Å². The van der Waals surface area contributed by atoms with Crippen molar-refractivity contribution in [3.8, 4) is 0 Å². The van der Waals surface area contributed by atoms with Crippen molar-refractivity contribution < 1.29 is 12.4 Å². The molecule has 0 aromatic heterocycles. The van der Waals surface area contributed by atoms with Crippen LogP contribution in [-0.4, -0.2) is 31.3 Å². The number of rotatable bonds is 15. The molecular formula is C21H50N2O2. The van der Waals surface area contributed by atoms with E-state index in [1.54, 1.807) is 0 Å². The molecule has 0 aromatic rings. The molecule has 0 bridgehead atoms. The highest BCUT2D eigenvalue weighted by molar-refractivity contribution is 5.77. The molecule has 4 nitrogen and oxygen atoms in total. The van der Waals surface area contributed by atoms with Crippen molar-refractivity contribution in [1.29, 1.82) is 0 Å². The van der Waals surface area contributed by atoms with Gasteiger partial charge >= 0.3 is 0 Å². The molecule has 0 heterocycles. The zero-order valence-electron chi connectivity index (χ0n) is 18.0. The van der Waals surface area contributed by atoms with Gasteiger partial charge in [0, 0.05) is 28.7 Å². The van der Waals surface area contributed by atoms with E-state index < -0.39 is 0 Å². The summed E-state index contributed by atoms with van der Waals surface area (Å²) in [6.07, 6.45) is 9.41. The number of nitrogens with one attached hydrogen (secondary N) is 2. The Morgan fingerprint density at radius 1 is 0.720 bits per heavy atom. The van der Waals surface area contributed by atoms with E-state index in [0.717, 1.165) is 51.7 Å². The Balaban J connectivity index is -0.000000250. The molecule has 0 atom stereocenters. The van der Waals surface area contributed by atoms with Crippen molar-refractivity contribution in [2.24, 2.45) is 0 Å². The molecule has 1 amide bonds. The molecule has 0 unspecified atom stereocenters. The second-order valence-corrected chi connectivity index (χ2v) is 5.57. The lowest BCUT2D eigenvalue weighted by molar-refractivity contribution is -0.121. The van der Waals surface area contributed by atoms with Gasteiger partial charge in [0.25, 0.3) is 0 Å². The minimum absolute atomic E-state index is 0. The molecule has 156 valence electrons. The van der Waals surface area contributed by atoms with Gasteiger partial charge in [-0.3, -0.25) is 9.59 Å². The molecule has 0 aliphatic rings. The first-order valence-corrected chi connectivity index (χ1v) is 10.7. The average Bonchev–Trinajstić information content (AvgIpc) is 2.66. The Labute approximate surface area is 160 Å². The maximum absolute atomic E-state index is 11.6. The first kappa shape index (κ1) is 28.9. The Hall–Kier alpha value is -0.900. The minimum atomic E-state index is 0. The molecule has 0 saturated heterocycles. The van der Waals surface area contributed by atoms with E-state index in [0.29, 0.717) is 25.0 Å². The number of ketones is 1. The minimum Gasteiger partial charge on any atom is -0.356 e. The van der Waals surface area contributed by atoms with Gasteiger partial charge in [0.15, 0.2) is 0 Å². The average molecular weight is 363 g/mol. The number of unbranched alkanes of at least 4 members (excludes halogenated alkanes) is 5. The molecular weight excluding hydrogens is 312 g/mol. The predicted octanol–water partition coefficient (Wildman–Crippen LogP) is 5.75. The summed E-state index contributed by atoms with van der Waals surface area (Å²) in [5, 5.41) is 6.27. The maximum Gasteiger partial charge on any atom is 0.219 e. The van der Waals surface area contributed by atoms with Crippen LogP contribution in [0.25, 0.3) is 0 Å². The highest BCUT2D eigenvalue weighted by atomic mass is 16.1. The smallest absolute Gasteiger partial charge is 0.219 e. The van der Waals surface area contributed by atoms with Crippen LogP contribution in [0.2, 0.25) is 0 Å². The Morgan fingerprint density at radius 2 is 1.24 bits per heavy atom. The molecule has 0 spiro atoms. The van der Waals surface area contributed by atoms with Gasteiger partial charge in [0.2, 0.25) is 5.91 Å². The normalized spacial score (nSPS) is 9.36. The molecule has 2 N–H and O–H groups in total. The second kappa shape index (κ2) is 27.9. The number of hydrogen-bond acceptors (Lipinski definition) is 3. The van der Waals surface area contributed by atoms with Crippen LogP contribution in [0.1, 0.15) is 109 Å². The first-order chi connectivity index (χ1) is 12.2. The standard InChI is InChI=1S/C17H34N2O2.2C2H6.2H2/c1-3-16(20)12-8-5-6-9-13-17(21)19-15-11-7-10-14-18-4-2;2*1-2;;/h18H,3-15H2,1-2H3,(H,19,21);2*1-2H3;2*1H. The number of carbonyl (C=O) groups excluding carboxylic acids is 2. The van der Waals surface area contributed by atoms with E-state index in [9.17, 15) is 9.59 Å². The van der Waals surface area contributed by atoms with Crippen molar-refractivity contribution in [3.05, 3.63) is 0 Å². The SMILES string of the molecule is CC.CC.CCNCCCCCNC(=O)CCCCCCC(=O)CC.[HH].[HH]. The molecule has 0 aliphatic heterocycles. The van der Waals surface area contributed by atoms with Crippen LogP contribution in [-0.2, 0) is 9.59 Å². The summed E-state index contributed by atoms with van der Waals surface area (Å²) in [7, 11) is 0. The third-order valence-corrected chi connectivity index (χ3v) is 3.61. The van der Waals surface area contributed by atoms with Crippen LogP contribution in [0.4, 0.5) is 0 Å². The van der Waals surface area contributed by atoms with Gasteiger partial charge in [0.1, 0.15) is 5.78 Å². The molecule has 0 fully saturated rings. The van der Waals surface area contributed by atoms with Crippen LogP contribution in [0.5, 0.6) is 0 Å². The predicted molar refractivity (Wildman–Crippen MR) is 115 cm³/mol. The van der Waals surface area contributed by atoms with Crippen LogP contribution >= 0.6 is 0 Å². The zero-order valence-corrected chi connectivity index (χ0v) is 18.0. The summed E-state index contributed by atoms with van der Waals surface area (Å²) < 4.78 is 0. The number of hydrogen-bond donors (Lipinski definition) is 2. The fourth-order valence-corrected chi connectivity index (χ4v) is 2.18. The van der Waals surface area contributed by atoms with Crippen molar-refractivity contribution >= 4 is 11.7 Å². The van der Waals surface area contributed by atoms with Gasteiger partial charge in [-0.15, -0.1) is 0 Å². The van der Waals surface area contributed by atoms with E-state index in [4.69, 9.17) is 0 Å². The van der Waals surface area contributed by atoms with Gasteiger partial charge in [0.05, 0.1) is 0 Å². The number of Topliss-reactive ketones (excluding diaryl/α,β-unsaturated/α-hetero) is 1. The third kappa shape index (κ3) is 28.2. The van der Waals surface area contributed by atoms with Gasteiger partial charge in [-0.05, 0) is 38.8 Å². The summed E-state index contributed by atoms with van der Waals surface area (Å²) in [6, 6.07) is 0. The van der Waals surface area contributed by atoms with Crippen LogP contribution in [0.15, 0.2) is 0 Å². The molecule has 0 aromatic carbocycles. The third-order valence-electron chi connectivity index (χ3n) is 3.61. The molecule has 0 rings (SSSR count). The lowest BCUT2D eigenvalue weighted by atomic mass is 10.1. The topological polar surface area (TPSA) is 58.2 Å². The van der Waals surface area contributed by atoms with E-state index in [1.807, 2.05) is 34.6 Å². The maximum atomic E-state index is 11.6. The quantitative estimate of drug-likeness (QED) is 0.365. The summed E-state index contributed by atoms with van der Waals surface area (Å²) >= 11 is 0. The highest BCUT2D eigenvalue weighted by Gasteiger charge is 2.01. The van der Waals surface area contributed by atoms with Crippen LogP contribution < -0.4 is 10.6 Å². The van der Waals surface area contributed by atoms with Gasteiger partial charge in [-0.2, -0.15) is 0 Å². The van der Waals surface area contributed by atoms with Crippen molar-refractivity contribution in [2.45, 2.75) is 106 Å². The monoisotopic (exact) mass is 362 g/mol. The molecule has 0 radical (unpaired) electrons. The van der Waals surface area contributed by atoms with Crippen molar-refractivity contribution in [1.82, 2.24) is 10.6 Å². The van der Waals surface area contributed by atoms with Crippen LogP contribution in [0, 0.1) is 0 Å². The summed E-state index contributed by atoms with van der Waals surface area (Å²) in [5.74, 6) is 0.521. The fraction of sp³-hybridized carbons (Fsp3) is 0.905. The zero-order chi connectivity index (χ0) is 19.8. The second-order valence-electron chi connectivity index (χ2n) is 5.57. The lowest BCUT2D eigenvalue weighted by Crippen LogP contribution is -2.24. The summed E-state index contributed by atoms with van der Waals surface area (Å²) in [5.41, 5.74) is 0. The number of carbonyl (C=O) groups is 2. The van der Waals surface area contributed by atoms with E-state index in [-0.39, 0.29) is 8.76 Å². The largest absolute Gasteiger partial charge is 0.356 e. The van der Waals surface area contributed by atoms with Gasteiger partial charge in [-0.25, -0.2) is 0 Å². The molecule has 25 heavy (non-hydrogen) atoms. The van der Waals surface area contributed by atoms with Gasteiger partial charge in [-0.1, -0.05) is 60.8 Å². The summed E-state index contributed by atoms with van der Waals surface area (Å²) in [6.45, 7) is 14.9. The number of amides is 1. The van der Waals surface area contributed by atoms with Gasteiger partial charge < -0.3 is 10.6 Å². The van der Waals surface area contributed by atoms with E-state index in [1.165, 1.54) is 12.8 Å². The highest BCUT2D eigenvalue weighted by Crippen LogP contribution is 2.06. The molecule has 0 aliphatic carbocycles. The Morgan fingerprint density at radius 3 is 1.80 bits per heavy atom. The van der Waals surface area contributed by atoms with E-state index in [2.05, 4.69) is 17.6 Å². The molecule has 4 heteroatoms. The lowest BCUT2D eigenvalue weighted by Gasteiger charge is -2.05. The van der Waals surface area contributed by atoms with E-state index >= 15 is 0 Å². The van der Waals surface area contributed by atoms with Crippen LogP contribution in [0.3, 0.4) is 0 Å². The Bertz CT molecular complexity index is 279. The first-order valence-electron chi connectivity index (χ1n) is 10.7. The summed E-state index contributed by atoms with van der Waals surface area (Å²) in [4.78, 5) is 22.7. The Kier molecular flexibility index (Phi) is 32.3. The molecule has 0 saturated carbocycles.